The number of para-hydroxylation sites is 6. The van der Waals surface area contributed by atoms with Crippen LogP contribution in [0.2, 0.25) is 0 Å². The van der Waals surface area contributed by atoms with Crippen LogP contribution in [0.1, 0.15) is 0 Å². The molecule has 588 valence electrons. The van der Waals surface area contributed by atoms with Crippen molar-refractivity contribution in [1.82, 2.24) is 38.6 Å². The first kappa shape index (κ1) is 72.9. The van der Waals surface area contributed by atoms with E-state index < -0.39 is 24.2 Å². The van der Waals surface area contributed by atoms with Gasteiger partial charge in [-0.2, -0.15) is 0 Å². The number of pyridine rings is 5. The maximum atomic E-state index is 5.39. The van der Waals surface area contributed by atoms with Gasteiger partial charge < -0.3 is 13.7 Å². The van der Waals surface area contributed by atoms with Crippen molar-refractivity contribution in [3.63, 3.8) is 0 Å². The first-order valence-electron chi connectivity index (χ1n) is 43.2. The van der Waals surface area contributed by atoms with Gasteiger partial charge in [0.1, 0.15) is 11.0 Å². The third-order valence-corrected chi connectivity index (χ3v) is 41.7. The zero-order chi connectivity index (χ0) is 83.0. The van der Waals surface area contributed by atoms with Gasteiger partial charge in [0.05, 0.1) is 49.7 Å². The Balaban J connectivity index is 0.000000103. The highest BCUT2D eigenvalue weighted by Gasteiger charge is 2.54. The van der Waals surface area contributed by atoms with Crippen LogP contribution in [-0.4, -0.2) is 62.8 Å². The predicted octanol–water partition coefficient (Wildman–Crippen LogP) is 18.9. The summed E-state index contributed by atoms with van der Waals surface area (Å²) >= 11 is 0. The molecule has 27 rings (SSSR count). The van der Waals surface area contributed by atoms with E-state index in [0.717, 1.165) is 77.5 Å². The number of nitrogens with zero attached hydrogens (tertiary/aromatic N) is 8. The Hall–Kier alpha value is -15.9. The average molecular weight is 1650 g/mol. The third kappa shape index (κ3) is 10.5. The second-order valence-corrected chi connectivity index (χ2v) is 44.2. The van der Waals surface area contributed by atoms with Crippen LogP contribution in [0.4, 0.5) is 0 Å². The minimum Gasteiger partial charge on any atom is -0.309 e. The highest BCUT2D eigenvalue weighted by molar-refractivity contribution is 7.24. The lowest BCUT2D eigenvalue weighted by molar-refractivity contribution is 1.18. The molecular weight excluding hydrogens is 1580 g/mol. The molecule has 0 fully saturated rings. The normalized spacial score (nSPS) is 13.4. The first-order chi connectivity index (χ1) is 62.6. The summed E-state index contributed by atoms with van der Waals surface area (Å²) < 4.78 is 7.16. The van der Waals surface area contributed by atoms with Crippen molar-refractivity contribution >= 4 is 185 Å². The molecule has 8 nitrogen and oxygen atoms in total. The fourth-order valence-corrected chi connectivity index (χ4v) is 38.0. The first-order valence-corrected chi connectivity index (χ1v) is 49.2. The van der Waals surface area contributed by atoms with Crippen LogP contribution in [0.15, 0.2) is 462 Å². The molecular formula is C115H76N8Si3. The number of hydrogen-bond donors (Lipinski definition) is 0. The third-order valence-electron chi connectivity index (χ3n) is 27.0. The maximum absolute atomic E-state index is 5.39. The smallest absolute Gasteiger partial charge is 0.183 e. The van der Waals surface area contributed by atoms with E-state index in [1.807, 2.05) is 0 Å². The van der Waals surface area contributed by atoms with Gasteiger partial charge in [0.15, 0.2) is 24.2 Å². The van der Waals surface area contributed by atoms with Gasteiger partial charge in [0.25, 0.3) is 0 Å². The Bertz CT molecular complexity index is 7540. The summed E-state index contributed by atoms with van der Waals surface area (Å²) in [4.78, 5) is 26.5. The highest BCUT2D eigenvalue weighted by atomic mass is 28.3. The van der Waals surface area contributed by atoms with Crippen molar-refractivity contribution in [1.29, 1.82) is 0 Å². The molecule has 0 N–H and O–H groups in total. The van der Waals surface area contributed by atoms with Gasteiger partial charge in [-0.3, -0.25) is 24.9 Å². The number of aromatic nitrogens is 8. The number of benzene rings is 16. The quantitative estimate of drug-likeness (QED) is 0.135. The van der Waals surface area contributed by atoms with Crippen molar-refractivity contribution in [2.24, 2.45) is 0 Å². The summed E-state index contributed by atoms with van der Waals surface area (Å²) in [5.74, 6) is 0. The van der Waals surface area contributed by atoms with E-state index in [0.29, 0.717) is 0 Å². The Morgan fingerprint density at radius 2 is 0.405 bits per heavy atom. The zero-order valence-corrected chi connectivity index (χ0v) is 71.5. The summed E-state index contributed by atoms with van der Waals surface area (Å²) in [7, 11) is -8.14. The fourth-order valence-electron chi connectivity index (χ4n) is 22.1. The van der Waals surface area contributed by atoms with Gasteiger partial charge in [-0.05, 0) is 139 Å². The SMILES string of the molecule is c1ccc(-n2c3ccccc3c3cnc4c5c(ccc4c32)-c2ccccc2[Si]5(c2ccccc2)c2ccccc2)cc1.c1ccc(-n2c3ccccc3c3cnc4c5c(cnc4c32)-c2ccccc2[Si]5(c2ccccc2)c2ccccc2)cc1.c1ccc(-n2c3ccccc3c3cnc4c5c(cnc4c32)-c2ccccc2[Si]5(c2ccccc2)c2ccccc2)cc1. The molecule has 24 aromatic rings. The van der Waals surface area contributed by atoms with Crippen molar-refractivity contribution in [2.45, 2.75) is 0 Å². The predicted molar refractivity (Wildman–Crippen MR) is 532 cm³/mol. The van der Waals surface area contributed by atoms with Crippen LogP contribution in [-0.2, 0) is 0 Å². The molecule has 8 aromatic heterocycles. The molecule has 0 bridgehead atoms. The Kier molecular flexibility index (Phi) is 16.9. The van der Waals surface area contributed by atoms with Crippen LogP contribution in [0.25, 0.3) is 149 Å². The molecule has 0 radical (unpaired) electrons. The Labute approximate surface area is 730 Å². The molecule has 3 aliphatic heterocycles. The van der Waals surface area contributed by atoms with Gasteiger partial charge in [-0.1, -0.05) is 376 Å². The van der Waals surface area contributed by atoms with Crippen molar-refractivity contribution in [3.8, 4) is 50.4 Å². The van der Waals surface area contributed by atoms with Crippen LogP contribution in [0.3, 0.4) is 0 Å². The molecule has 0 saturated carbocycles. The lowest BCUT2D eigenvalue weighted by Crippen LogP contribution is -2.73. The molecule has 16 aromatic carbocycles. The summed E-state index contributed by atoms with van der Waals surface area (Å²) in [6.45, 7) is 0. The number of rotatable bonds is 9. The zero-order valence-electron chi connectivity index (χ0n) is 68.5. The van der Waals surface area contributed by atoms with E-state index in [1.54, 1.807) is 0 Å². The average Bonchev–Trinajstić information content (AvgIpc) is 1.52. The minimum absolute atomic E-state index is 0.947. The van der Waals surface area contributed by atoms with E-state index in [-0.39, 0.29) is 0 Å². The molecule has 0 amide bonds. The monoisotopic (exact) mass is 1650 g/mol. The highest BCUT2D eigenvalue weighted by Crippen LogP contribution is 2.43. The van der Waals surface area contributed by atoms with E-state index in [2.05, 4.69) is 475 Å². The summed E-state index contributed by atoms with van der Waals surface area (Å²) in [5, 5.41) is 24.7. The van der Waals surface area contributed by atoms with Gasteiger partial charge >= 0.3 is 0 Å². The van der Waals surface area contributed by atoms with Crippen LogP contribution >= 0.6 is 0 Å². The van der Waals surface area contributed by atoms with Crippen molar-refractivity contribution in [3.05, 3.63) is 462 Å². The van der Waals surface area contributed by atoms with Crippen molar-refractivity contribution in [2.75, 3.05) is 0 Å². The van der Waals surface area contributed by atoms with E-state index in [9.17, 15) is 0 Å². The van der Waals surface area contributed by atoms with E-state index >= 15 is 0 Å². The lowest BCUT2D eigenvalue weighted by Gasteiger charge is -2.31. The molecule has 0 saturated heterocycles. The second-order valence-electron chi connectivity index (χ2n) is 33.1. The van der Waals surface area contributed by atoms with Gasteiger partial charge in [-0.15, -0.1) is 0 Å². The fraction of sp³-hybridized carbons (Fsp3) is 0. The van der Waals surface area contributed by atoms with Crippen molar-refractivity contribution < 1.29 is 0 Å². The topological polar surface area (TPSA) is 79.2 Å². The van der Waals surface area contributed by atoms with E-state index in [4.69, 9.17) is 24.9 Å². The maximum Gasteiger partial charge on any atom is 0.183 e. The number of fused-ring (bicyclic) bond motifs is 27. The molecule has 126 heavy (non-hydrogen) atoms. The Morgan fingerprint density at radius 1 is 0.159 bits per heavy atom. The summed E-state index contributed by atoms with van der Waals surface area (Å²) in [6.07, 6.45) is 10.5. The second kappa shape index (κ2) is 29.2. The Morgan fingerprint density at radius 3 is 0.738 bits per heavy atom. The molecule has 0 atom stereocenters. The molecule has 3 aliphatic rings. The molecule has 0 spiro atoms. The van der Waals surface area contributed by atoms with Gasteiger partial charge in [0.2, 0.25) is 0 Å². The molecule has 11 heterocycles. The van der Waals surface area contributed by atoms with E-state index in [1.165, 1.54) is 134 Å². The minimum atomic E-state index is -2.73. The molecule has 11 heteroatoms. The van der Waals surface area contributed by atoms with Gasteiger partial charge in [-0.25, -0.2) is 0 Å². The van der Waals surface area contributed by atoms with Crippen LogP contribution < -0.4 is 62.2 Å². The van der Waals surface area contributed by atoms with Crippen LogP contribution in [0.5, 0.6) is 0 Å². The summed E-state index contributed by atoms with van der Waals surface area (Å²) in [5.41, 5.74) is 22.9. The number of hydrogen-bond acceptors (Lipinski definition) is 5. The molecule has 0 unspecified atom stereocenters. The molecule has 0 aliphatic carbocycles. The van der Waals surface area contributed by atoms with Gasteiger partial charge in [0, 0.05) is 96.9 Å². The van der Waals surface area contributed by atoms with Crippen LogP contribution in [0, 0.1) is 0 Å². The largest absolute Gasteiger partial charge is 0.309 e. The standard InChI is InChI=1S/C39H26N2Si.2C38H25N3Si/c1-4-14-27(15-5-1)41-35-22-12-10-20-30(35)34-26-40-37-33(38(34)41)25-24-32-31-21-11-13-23-36(31)42(39(32)37,28-16-6-2-7-17-28)29-18-8-3-9-19-29;2*1-4-14-26(15-5-1)41-33-22-12-10-20-29(33)31-24-40-36-35(37(31)41)39-25-32-30-21-11-13-23-34(30)42(38(32)36,27-16-6-2-7-17-27)28-18-8-3-9-19-28/h1-26H;2*1-25H. The summed E-state index contributed by atoms with van der Waals surface area (Å²) in [6, 6.07) is 156. The lowest BCUT2D eigenvalue weighted by atomic mass is 10.0.